The maximum absolute atomic E-state index is 13.3. The van der Waals surface area contributed by atoms with E-state index in [2.05, 4.69) is 0 Å². The molecule has 102 valence electrons. The van der Waals surface area contributed by atoms with Gasteiger partial charge in [0.05, 0.1) is 17.7 Å². The first kappa shape index (κ1) is 12.5. The number of benzene rings is 1. The normalized spacial score (nSPS) is 21.6. The summed E-state index contributed by atoms with van der Waals surface area (Å²) in [7, 11) is 0. The molecule has 2 aliphatic rings. The van der Waals surface area contributed by atoms with Crippen LogP contribution in [0, 0.1) is 5.82 Å². The Bertz CT molecular complexity index is 519. The molecule has 1 aromatic rings. The van der Waals surface area contributed by atoms with Crippen LogP contribution in [0.25, 0.3) is 0 Å². The number of hydrogen-bond donors (Lipinski definition) is 1. The van der Waals surface area contributed by atoms with Gasteiger partial charge in [0.25, 0.3) is 0 Å². The van der Waals surface area contributed by atoms with Crippen LogP contribution in [0.3, 0.4) is 0 Å². The molecule has 1 spiro atoms. The summed E-state index contributed by atoms with van der Waals surface area (Å²) in [5, 5.41) is 0. The van der Waals surface area contributed by atoms with Crippen LogP contribution in [0.1, 0.15) is 55.3 Å². The van der Waals surface area contributed by atoms with Crippen molar-refractivity contribution in [2.24, 2.45) is 0 Å². The maximum atomic E-state index is 13.3. The average molecular weight is 263 g/mol. The van der Waals surface area contributed by atoms with E-state index in [9.17, 15) is 9.18 Å². The van der Waals surface area contributed by atoms with Crippen molar-refractivity contribution < 1.29 is 13.9 Å². The van der Waals surface area contributed by atoms with Crippen LogP contribution in [0.4, 0.5) is 10.1 Å². The lowest BCUT2D eigenvalue weighted by Gasteiger charge is -2.38. The van der Waals surface area contributed by atoms with Gasteiger partial charge in [0.1, 0.15) is 11.4 Å². The Kier molecular flexibility index (Phi) is 2.96. The molecule has 4 heteroatoms. The highest BCUT2D eigenvalue weighted by Gasteiger charge is 2.41. The van der Waals surface area contributed by atoms with Gasteiger partial charge in [-0.25, -0.2) is 4.39 Å². The Balaban J connectivity index is 2.01. The SMILES string of the molecule is Nc1cc(F)cc2c1OC1(CCCCCC1)CC2=O. The number of hydrogen-bond acceptors (Lipinski definition) is 3. The van der Waals surface area contributed by atoms with E-state index in [1.165, 1.54) is 25.0 Å². The maximum Gasteiger partial charge on any atom is 0.170 e. The van der Waals surface area contributed by atoms with Crippen LogP contribution in [-0.4, -0.2) is 11.4 Å². The van der Waals surface area contributed by atoms with E-state index < -0.39 is 11.4 Å². The summed E-state index contributed by atoms with van der Waals surface area (Å²) in [5.74, 6) is -0.140. The number of halogens is 1. The van der Waals surface area contributed by atoms with Gasteiger partial charge in [0.15, 0.2) is 11.5 Å². The molecule has 0 bridgehead atoms. The Morgan fingerprint density at radius 3 is 2.53 bits per heavy atom. The lowest BCUT2D eigenvalue weighted by molar-refractivity contribution is 0.0302. The fraction of sp³-hybridized carbons (Fsp3) is 0.533. The molecule has 19 heavy (non-hydrogen) atoms. The number of nitrogen functional groups attached to an aromatic ring is 1. The molecular formula is C15H18FNO2. The van der Waals surface area contributed by atoms with Crippen LogP contribution in [0.5, 0.6) is 5.75 Å². The summed E-state index contributed by atoms with van der Waals surface area (Å²) in [4.78, 5) is 12.3. The molecule has 0 radical (unpaired) electrons. The molecule has 0 unspecified atom stereocenters. The highest BCUT2D eigenvalue weighted by Crippen LogP contribution is 2.43. The first-order valence-corrected chi connectivity index (χ1v) is 6.91. The molecule has 0 amide bonds. The molecule has 3 nitrogen and oxygen atoms in total. The Morgan fingerprint density at radius 1 is 1.16 bits per heavy atom. The fourth-order valence-corrected chi connectivity index (χ4v) is 3.23. The van der Waals surface area contributed by atoms with Crippen molar-refractivity contribution in [3.8, 4) is 5.75 Å². The standard InChI is InChI=1S/C15H18FNO2/c16-10-7-11-13(18)9-15(5-3-1-2-4-6-15)19-14(11)12(17)8-10/h7-8H,1-6,9,17H2. The molecule has 1 saturated carbocycles. The minimum absolute atomic E-state index is 0.0469. The van der Waals surface area contributed by atoms with E-state index in [4.69, 9.17) is 10.5 Å². The fourth-order valence-electron chi connectivity index (χ4n) is 3.23. The summed E-state index contributed by atoms with van der Waals surface area (Å²) in [6.07, 6.45) is 6.64. The summed E-state index contributed by atoms with van der Waals surface area (Å²) in [6.45, 7) is 0. The predicted octanol–water partition coefficient (Wildman–Crippen LogP) is 3.47. The van der Waals surface area contributed by atoms with Gasteiger partial charge < -0.3 is 10.5 Å². The van der Waals surface area contributed by atoms with E-state index in [0.717, 1.165) is 25.7 Å². The zero-order valence-electron chi connectivity index (χ0n) is 10.9. The molecule has 1 fully saturated rings. The summed E-state index contributed by atoms with van der Waals surface area (Å²) in [5.41, 5.74) is 5.93. The van der Waals surface area contributed by atoms with E-state index in [1.54, 1.807) is 0 Å². The molecule has 0 atom stereocenters. The van der Waals surface area contributed by atoms with E-state index in [1.807, 2.05) is 0 Å². The van der Waals surface area contributed by atoms with Crippen LogP contribution in [0.15, 0.2) is 12.1 Å². The van der Waals surface area contributed by atoms with E-state index >= 15 is 0 Å². The second-order valence-corrected chi connectivity index (χ2v) is 5.67. The van der Waals surface area contributed by atoms with Crippen LogP contribution < -0.4 is 10.5 Å². The third kappa shape index (κ3) is 2.20. The van der Waals surface area contributed by atoms with Crippen molar-refractivity contribution >= 4 is 11.5 Å². The smallest absolute Gasteiger partial charge is 0.170 e. The van der Waals surface area contributed by atoms with Gasteiger partial charge in [0.2, 0.25) is 0 Å². The highest BCUT2D eigenvalue weighted by molar-refractivity contribution is 6.02. The molecule has 1 heterocycles. The van der Waals surface area contributed by atoms with Crippen molar-refractivity contribution in [3.63, 3.8) is 0 Å². The summed E-state index contributed by atoms with van der Waals surface area (Å²) >= 11 is 0. The zero-order chi connectivity index (χ0) is 13.5. The minimum atomic E-state index is -0.481. The van der Waals surface area contributed by atoms with E-state index in [-0.39, 0.29) is 11.5 Å². The summed E-state index contributed by atoms with van der Waals surface area (Å²) in [6, 6.07) is 2.46. The van der Waals surface area contributed by atoms with Crippen molar-refractivity contribution in [3.05, 3.63) is 23.5 Å². The Labute approximate surface area is 111 Å². The number of nitrogens with two attached hydrogens (primary N) is 1. The largest absolute Gasteiger partial charge is 0.484 e. The van der Waals surface area contributed by atoms with E-state index in [0.29, 0.717) is 17.7 Å². The van der Waals surface area contributed by atoms with Gasteiger partial charge in [-0.05, 0) is 31.7 Å². The van der Waals surface area contributed by atoms with Gasteiger partial charge in [-0.2, -0.15) is 0 Å². The predicted molar refractivity (Wildman–Crippen MR) is 70.8 cm³/mol. The second-order valence-electron chi connectivity index (χ2n) is 5.67. The van der Waals surface area contributed by atoms with Gasteiger partial charge in [-0.1, -0.05) is 12.8 Å². The average Bonchev–Trinajstić information content (AvgIpc) is 2.57. The number of ketones is 1. The molecule has 1 aliphatic carbocycles. The van der Waals surface area contributed by atoms with Gasteiger partial charge >= 0.3 is 0 Å². The van der Waals surface area contributed by atoms with Crippen LogP contribution >= 0.6 is 0 Å². The molecule has 0 saturated heterocycles. The first-order chi connectivity index (χ1) is 9.10. The number of fused-ring (bicyclic) bond motifs is 1. The van der Waals surface area contributed by atoms with Crippen LogP contribution in [-0.2, 0) is 0 Å². The lowest BCUT2D eigenvalue weighted by atomic mass is 9.84. The number of ether oxygens (including phenoxy) is 1. The second kappa shape index (κ2) is 4.51. The zero-order valence-corrected chi connectivity index (χ0v) is 10.9. The van der Waals surface area contributed by atoms with Crippen LogP contribution in [0.2, 0.25) is 0 Å². The number of carbonyl (C=O) groups is 1. The lowest BCUT2D eigenvalue weighted by Crippen LogP contribution is -2.42. The molecule has 1 aromatic carbocycles. The molecule has 0 aromatic heterocycles. The summed E-state index contributed by atoms with van der Waals surface area (Å²) < 4.78 is 19.4. The molecule has 1 aliphatic heterocycles. The molecule has 2 N–H and O–H groups in total. The van der Waals surface area contributed by atoms with Gasteiger partial charge in [-0.15, -0.1) is 0 Å². The molecule has 3 rings (SSSR count). The number of Topliss-reactive ketones (excluding diaryl/α,β-unsaturated/α-hetero) is 1. The Morgan fingerprint density at radius 2 is 1.84 bits per heavy atom. The van der Waals surface area contributed by atoms with Crippen molar-refractivity contribution in [1.29, 1.82) is 0 Å². The van der Waals surface area contributed by atoms with Gasteiger partial charge in [-0.3, -0.25) is 4.79 Å². The quantitative estimate of drug-likeness (QED) is 0.729. The number of carbonyl (C=O) groups excluding carboxylic acids is 1. The molecular weight excluding hydrogens is 245 g/mol. The highest BCUT2D eigenvalue weighted by atomic mass is 19.1. The third-order valence-corrected chi connectivity index (χ3v) is 4.20. The van der Waals surface area contributed by atoms with Crippen molar-refractivity contribution in [2.75, 3.05) is 5.73 Å². The number of rotatable bonds is 0. The van der Waals surface area contributed by atoms with Crippen molar-refractivity contribution in [1.82, 2.24) is 0 Å². The number of anilines is 1. The monoisotopic (exact) mass is 263 g/mol. The minimum Gasteiger partial charge on any atom is -0.484 e. The first-order valence-electron chi connectivity index (χ1n) is 6.91. The van der Waals surface area contributed by atoms with Gasteiger partial charge in [0, 0.05) is 6.07 Å². The van der Waals surface area contributed by atoms with Crippen molar-refractivity contribution in [2.45, 2.75) is 50.5 Å². The topological polar surface area (TPSA) is 52.3 Å². The third-order valence-electron chi connectivity index (χ3n) is 4.20. The Hall–Kier alpha value is -1.58.